The van der Waals surface area contributed by atoms with Crippen molar-refractivity contribution in [2.45, 2.75) is 46.7 Å². The number of aryl methyl sites for hydroxylation is 1. The normalized spacial score (nSPS) is 15.2. The molecule has 0 spiro atoms. The fraction of sp³-hybridized carbons (Fsp3) is 0.526. The Morgan fingerprint density at radius 1 is 1.27 bits per heavy atom. The van der Waals surface area contributed by atoms with Crippen LogP contribution in [0.1, 0.15) is 42.7 Å². The lowest BCUT2D eigenvalue weighted by Crippen LogP contribution is -2.32. The smallest absolute Gasteiger partial charge is 0.0708 e. The lowest BCUT2D eigenvalue weighted by atomic mass is 9.95. The fourth-order valence-corrected chi connectivity index (χ4v) is 3.36. The Balaban J connectivity index is 2.09. The number of hydrogen-bond donors (Lipinski definition) is 1. The Labute approximate surface area is 133 Å². The molecule has 3 nitrogen and oxygen atoms in total. The SMILES string of the molecule is CCCNCc1c2c(nc3ccc(C)cc13)CCN(CC)C2. The van der Waals surface area contributed by atoms with Crippen LogP contribution in [0.3, 0.4) is 0 Å². The first kappa shape index (κ1) is 15.4. The molecule has 1 aromatic carbocycles. The number of hydrogen-bond acceptors (Lipinski definition) is 3. The average Bonchev–Trinajstić information content (AvgIpc) is 2.54. The molecule has 2 aromatic rings. The molecule has 3 heteroatoms. The van der Waals surface area contributed by atoms with Gasteiger partial charge >= 0.3 is 0 Å². The van der Waals surface area contributed by atoms with Crippen molar-refractivity contribution in [3.05, 3.63) is 40.6 Å². The lowest BCUT2D eigenvalue weighted by Gasteiger charge is -2.29. The van der Waals surface area contributed by atoms with Crippen molar-refractivity contribution < 1.29 is 0 Å². The predicted octanol–water partition coefficient (Wildman–Crippen LogP) is 3.42. The highest BCUT2D eigenvalue weighted by Gasteiger charge is 2.21. The Bertz CT molecular complexity index is 663. The van der Waals surface area contributed by atoms with E-state index in [-0.39, 0.29) is 0 Å². The van der Waals surface area contributed by atoms with E-state index < -0.39 is 0 Å². The number of rotatable bonds is 5. The number of nitrogens with one attached hydrogen (secondary N) is 1. The summed E-state index contributed by atoms with van der Waals surface area (Å²) < 4.78 is 0. The summed E-state index contributed by atoms with van der Waals surface area (Å²) >= 11 is 0. The lowest BCUT2D eigenvalue weighted by molar-refractivity contribution is 0.265. The monoisotopic (exact) mass is 297 g/mol. The van der Waals surface area contributed by atoms with Gasteiger partial charge in [-0.05, 0) is 49.7 Å². The fourth-order valence-electron chi connectivity index (χ4n) is 3.36. The molecule has 1 aliphatic rings. The third kappa shape index (κ3) is 3.01. The van der Waals surface area contributed by atoms with E-state index in [0.29, 0.717) is 0 Å². The summed E-state index contributed by atoms with van der Waals surface area (Å²) in [5.41, 5.74) is 6.72. The van der Waals surface area contributed by atoms with Crippen LogP contribution in [0.5, 0.6) is 0 Å². The van der Waals surface area contributed by atoms with Crippen molar-refractivity contribution in [3.63, 3.8) is 0 Å². The standard InChI is InChI=1S/C19H27N3/c1-4-9-20-12-16-15-11-14(3)6-7-18(15)21-19-8-10-22(5-2)13-17(16)19/h6-7,11,20H,4-5,8-10,12-13H2,1-3H3. The van der Waals surface area contributed by atoms with Gasteiger partial charge in [0.2, 0.25) is 0 Å². The summed E-state index contributed by atoms with van der Waals surface area (Å²) in [6.45, 7) is 12.0. The van der Waals surface area contributed by atoms with Crippen LogP contribution in [-0.2, 0) is 19.5 Å². The predicted molar refractivity (Wildman–Crippen MR) is 93.1 cm³/mol. The maximum Gasteiger partial charge on any atom is 0.0708 e. The molecule has 22 heavy (non-hydrogen) atoms. The van der Waals surface area contributed by atoms with Gasteiger partial charge in [-0.1, -0.05) is 25.5 Å². The second-order valence-corrected chi connectivity index (χ2v) is 6.33. The van der Waals surface area contributed by atoms with Crippen LogP contribution in [-0.4, -0.2) is 29.5 Å². The molecular formula is C19H27N3. The number of pyridine rings is 1. The summed E-state index contributed by atoms with van der Waals surface area (Å²) in [4.78, 5) is 7.48. The number of nitrogens with zero attached hydrogens (tertiary/aromatic N) is 2. The molecule has 1 aliphatic heterocycles. The van der Waals surface area contributed by atoms with Crippen LogP contribution in [0.25, 0.3) is 10.9 Å². The Morgan fingerprint density at radius 2 is 2.14 bits per heavy atom. The van der Waals surface area contributed by atoms with Crippen molar-refractivity contribution >= 4 is 10.9 Å². The molecule has 1 aromatic heterocycles. The number of fused-ring (bicyclic) bond motifs is 2. The maximum absolute atomic E-state index is 4.96. The largest absolute Gasteiger partial charge is 0.313 e. The first-order chi connectivity index (χ1) is 10.7. The Hall–Kier alpha value is -1.45. The van der Waals surface area contributed by atoms with E-state index in [4.69, 9.17) is 4.98 Å². The summed E-state index contributed by atoms with van der Waals surface area (Å²) in [6.07, 6.45) is 2.25. The molecule has 0 atom stereocenters. The van der Waals surface area contributed by atoms with Crippen LogP contribution in [0.4, 0.5) is 0 Å². The van der Waals surface area contributed by atoms with Crippen molar-refractivity contribution in [1.29, 1.82) is 0 Å². The first-order valence-electron chi connectivity index (χ1n) is 8.57. The van der Waals surface area contributed by atoms with Crippen LogP contribution in [0, 0.1) is 6.92 Å². The van der Waals surface area contributed by atoms with E-state index in [1.807, 2.05) is 0 Å². The van der Waals surface area contributed by atoms with Gasteiger partial charge in [-0.3, -0.25) is 9.88 Å². The van der Waals surface area contributed by atoms with Gasteiger partial charge in [0, 0.05) is 37.1 Å². The quantitative estimate of drug-likeness (QED) is 0.857. The van der Waals surface area contributed by atoms with Crippen molar-refractivity contribution in [1.82, 2.24) is 15.2 Å². The molecule has 0 radical (unpaired) electrons. The molecule has 118 valence electrons. The van der Waals surface area contributed by atoms with Gasteiger partial charge < -0.3 is 5.32 Å². The summed E-state index contributed by atoms with van der Waals surface area (Å²) in [7, 11) is 0. The topological polar surface area (TPSA) is 28.2 Å². The van der Waals surface area contributed by atoms with E-state index in [2.05, 4.69) is 49.2 Å². The zero-order valence-corrected chi connectivity index (χ0v) is 14.1. The van der Waals surface area contributed by atoms with Gasteiger partial charge in [0.05, 0.1) is 5.52 Å². The summed E-state index contributed by atoms with van der Waals surface area (Å²) in [5, 5.41) is 4.93. The molecule has 3 rings (SSSR count). The van der Waals surface area contributed by atoms with E-state index in [0.717, 1.165) is 44.7 Å². The number of benzene rings is 1. The van der Waals surface area contributed by atoms with E-state index in [1.54, 1.807) is 0 Å². The third-order valence-electron chi connectivity index (χ3n) is 4.67. The summed E-state index contributed by atoms with van der Waals surface area (Å²) in [5.74, 6) is 0. The van der Waals surface area contributed by atoms with Gasteiger partial charge in [-0.25, -0.2) is 0 Å². The molecule has 0 saturated carbocycles. The molecule has 1 N–H and O–H groups in total. The minimum Gasteiger partial charge on any atom is -0.313 e. The van der Waals surface area contributed by atoms with Gasteiger partial charge in [0.25, 0.3) is 0 Å². The molecule has 0 unspecified atom stereocenters. The molecule has 2 heterocycles. The molecule has 0 aliphatic carbocycles. The van der Waals surface area contributed by atoms with E-state index in [1.165, 1.54) is 34.2 Å². The van der Waals surface area contributed by atoms with Crippen LogP contribution < -0.4 is 5.32 Å². The number of likely N-dealkylation sites (N-methyl/N-ethyl adjacent to an activating group) is 1. The van der Waals surface area contributed by atoms with Gasteiger partial charge in [-0.15, -0.1) is 0 Å². The second kappa shape index (κ2) is 6.76. The van der Waals surface area contributed by atoms with E-state index >= 15 is 0 Å². The highest BCUT2D eigenvalue weighted by molar-refractivity contribution is 5.84. The first-order valence-corrected chi connectivity index (χ1v) is 8.57. The second-order valence-electron chi connectivity index (χ2n) is 6.33. The van der Waals surface area contributed by atoms with E-state index in [9.17, 15) is 0 Å². The zero-order chi connectivity index (χ0) is 15.5. The molecule has 0 saturated heterocycles. The molecule has 0 fully saturated rings. The van der Waals surface area contributed by atoms with Crippen LogP contribution in [0.2, 0.25) is 0 Å². The minimum atomic E-state index is 0.955. The van der Waals surface area contributed by atoms with Crippen LogP contribution in [0.15, 0.2) is 18.2 Å². The molecule has 0 bridgehead atoms. The maximum atomic E-state index is 4.96. The Morgan fingerprint density at radius 3 is 2.91 bits per heavy atom. The highest BCUT2D eigenvalue weighted by atomic mass is 15.1. The number of aromatic nitrogens is 1. The Kier molecular flexibility index (Phi) is 4.74. The van der Waals surface area contributed by atoms with Gasteiger partial charge in [-0.2, -0.15) is 0 Å². The third-order valence-corrected chi connectivity index (χ3v) is 4.67. The molecular weight excluding hydrogens is 270 g/mol. The van der Waals surface area contributed by atoms with Crippen molar-refractivity contribution in [3.8, 4) is 0 Å². The summed E-state index contributed by atoms with van der Waals surface area (Å²) in [6, 6.07) is 6.66. The zero-order valence-electron chi connectivity index (χ0n) is 14.1. The van der Waals surface area contributed by atoms with Gasteiger partial charge in [0.1, 0.15) is 0 Å². The van der Waals surface area contributed by atoms with Gasteiger partial charge in [0.15, 0.2) is 0 Å². The minimum absolute atomic E-state index is 0.955. The highest BCUT2D eigenvalue weighted by Crippen LogP contribution is 2.28. The van der Waals surface area contributed by atoms with Crippen molar-refractivity contribution in [2.24, 2.45) is 0 Å². The average molecular weight is 297 g/mol. The van der Waals surface area contributed by atoms with Crippen LogP contribution >= 0.6 is 0 Å². The van der Waals surface area contributed by atoms with Crippen molar-refractivity contribution in [2.75, 3.05) is 19.6 Å². The molecule has 0 amide bonds.